The van der Waals surface area contributed by atoms with Gasteiger partial charge in [0.2, 0.25) is 0 Å². The highest BCUT2D eigenvalue weighted by Gasteiger charge is 2.12. The van der Waals surface area contributed by atoms with E-state index in [1.54, 1.807) is 0 Å². The first-order valence-electron chi connectivity index (χ1n) is 9.79. The smallest absolute Gasteiger partial charge is 0.136 e. The van der Waals surface area contributed by atoms with Gasteiger partial charge in [0, 0.05) is 10.8 Å². The summed E-state index contributed by atoms with van der Waals surface area (Å²) in [5.41, 5.74) is 6.53. The van der Waals surface area contributed by atoms with Gasteiger partial charge in [0.1, 0.15) is 11.2 Å². The molecule has 1 heterocycles. The minimum atomic E-state index is 0.913. The van der Waals surface area contributed by atoms with Crippen LogP contribution in [0.25, 0.3) is 46.2 Å². The molecule has 0 unspecified atom stereocenters. The molecule has 138 valence electrons. The van der Waals surface area contributed by atoms with Gasteiger partial charge in [-0.15, -0.1) is 0 Å². The van der Waals surface area contributed by atoms with Crippen LogP contribution >= 0.6 is 0 Å². The van der Waals surface area contributed by atoms with Gasteiger partial charge in [-0.05, 0) is 34.4 Å². The number of para-hydroxylation sites is 1. The summed E-state index contributed by atoms with van der Waals surface area (Å²) in [7, 11) is 0. The van der Waals surface area contributed by atoms with E-state index < -0.39 is 0 Å². The minimum absolute atomic E-state index is 0.913. The molecular weight excluding hydrogens is 352 g/mol. The SMILES string of the molecule is C(=Cc1ccc2oc3ccccc3c2c1C=Cc1ccccc1)c1ccccc1. The van der Waals surface area contributed by atoms with E-state index in [4.69, 9.17) is 4.42 Å². The third-order valence-corrected chi connectivity index (χ3v) is 5.11. The molecule has 0 aliphatic rings. The monoisotopic (exact) mass is 372 g/mol. The van der Waals surface area contributed by atoms with E-state index in [2.05, 4.69) is 97.1 Å². The van der Waals surface area contributed by atoms with Crippen molar-refractivity contribution in [2.45, 2.75) is 0 Å². The number of fused-ring (bicyclic) bond motifs is 3. The predicted octanol–water partition coefficient (Wildman–Crippen LogP) is 7.93. The standard InChI is InChI=1S/C28H20O/c1-3-9-21(10-4-1)15-17-23-18-20-27-28(25-13-7-8-14-26(25)29-27)24(23)19-16-22-11-5-2-6-12-22/h1-20H. The molecule has 0 saturated carbocycles. The van der Waals surface area contributed by atoms with Crippen molar-refractivity contribution in [1.82, 2.24) is 0 Å². The summed E-state index contributed by atoms with van der Waals surface area (Å²) in [6.45, 7) is 0. The molecule has 0 bridgehead atoms. The van der Waals surface area contributed by atoms with Gasteiger partial charge in [0.15, 0.2) is 0 Å². The first-order valence-corrected chi connectivity index (χ1v) is 9.79. The molecular formula is C28H20O. The lowest BCUT2D eigenvalue weighted by molar-refractivity contribution is 0.669. The normalized spacial score (nSPS) is 11.9. The lowest BCUT2D eigenvalue weighted by atomic mass is 9.98. The van der Waals surface area contributed by atoms with Crippen LogP contribution in [0.1, 0.15) is 22.3 Å². The lowest BCUT2D eigenvalue weighted by Gasteiger charge is -2.04. The zero-order valence-electron chi connectivity index (χ0n) is 16.0. The quantitative estimate of drug-likeness (QED) is 0.292. The van der Waals surface area contributed by atoms with Crippen molar-refractivity contribution in [2.75, 3.05) is 0 Å². The molecule has 0 amide bonds. The molecule has 0 spiro atoms. The van der Waals surface area contributed by atoms with Crippen LogP contribution < -0.4 is 0 Å². The van der Waals surface area contributed by atoms with Gasteiger partial charge >= 0.3 is 0 Å². The highest BCUT2D eigenvalue weighted by atomic mass is 16.3. The Balaban J connectivity index is 1.70. The van der Waals surface area contributed by atoms with Crippen molar-refractivity contribution in [3.63, 3.8) is 0 Å². The van der Waals surface area contributed by atoms with Gasteiger partial charge in [-0.1, -0.05) is 109 Å². The summed E-state index contributed by atoms with van der Waals surface area (Å²) in [5.74, 6) is 0. The molecule has 0 atom stereocenters. The van der Waals surface area contributed by atoms with Crippen molar-refractivity contribution in [2.24, 2.45) is 0 Å². The fourth-order valence-corrected chi connectivity index (χ4v) is 3.68. The highest BCUT2D eigenvalue weighted by Crippen LogP contribution is 2.34. The zero-order chi connectivity index (χ0) is 19.5. The molecule has 4 aromatic carbocycles. The summed E-state index contributed by atoms with van der Waals surface area (Å²) >= 11 is 0. The Hall–Kier alpha value is -3.84. The van der Waals surface area contributed by atoms with Crippen LogP contribution in [-0.2, 0) is 0 Å². The molecule has 1 heteroatoms. The van der Waals surface area contributed by atoms with Crippen LogP contribution in [0, 0.1) is 0 Å². The van der Waals surface area contributed by atoms with Crippen LogP contribution in [0.4, 0.5) is 0 Å². The maximum Gasteiger partial charge on any atom is 0.136 e. The number of hydrogen-bond acceptors (Lipinski definition) is 1. The van der Waals surface area contributed by atoms with Gasteiger partial charge in [-0.2, -0.15) is 0 Å². The fourth-order valence-electron chi connectivity index (χ4n) is 3.68. The zero-order valence-corrected chi connectivity index (χ0v) is 16.0. The summed E-state index contributed by atoms with van der Waals surface area (Å²) in [4.78, 5) is 0. The number of benzene rings is 4. The van der Waals surface area contributed by atoms with Crippen LogP contribution in [-0.4, -0.2) is 0 Å². The second kappa shape index (κ2) is 7.65. The molecule has 0 saturated heterocycles. The predicted molar refractivity (Wildman–Crippen MR) is 124 cm³/mol. The van der Waals surface area contributed by atoms with Gasteiger partial charge in [-0.3, -0.25) is 0 Å². The molecule has 5 rings (SSSR count). The first-order chi connectivity index (χ1) is 14.4. The van der Waals surface area contributed by atoms with Crippen molar-refractivity contribution in [1.29, 1.82) is 0 Å². The van der Waals surface area contributed by atoms with E-state index in [-0.39, 0.29) is 0 Å². The van der Waals surface area contributed by atoms with E-state index in [0.29, 0.717) is 0 Å². The summed E-state index contributed by atoms with van der Waals surface area (Å²) in [6.07, 6.45) is 8.70. The Morgan fingerprint density at radius 2 is 1.10 bits per heavy atom. The average Bonchev–Trinajstić information content (AvgIpc) is 3.17. The Morgan fingerprint density at radius 1 is 0.483 bits per heavy atom. The number of furan rings is 1. The van der Waals surface area contributed by atoms with Gasteiger partial charge in [-0.25, -0.2) is 0 Å². The van der Waals surface area contributed by atoms with E-state index >= 15 is 0 Å². The van der Waals surface area contributed by atoms with Crippen molar-refractivity contribution >= 4 is 46.2 Å². The van der Waals surface area contributed by atoms with Gasteiger partial charge in [0.25, 0.3) is 0 Å². The molecule has 29 heavy (non-hydrogen) atoms. The Kier molecular flexibility index (Phi) is 4.56. The highest BCUT2D eigenvalue weighted by molar-refractivity contribution is 6.11. The summed E-state index contributed by atoms with van der Waals surface area (Å²) < 4.78 is 6.10. The second-order valence-electron chi connectivity index (χ2n) is 7.03. The molecule has 5 aromatic rings. The Bertz CT molecular complexity index is 1320. The summed E-state index contributed by atoms with van der Waals surface area (Å²) in [6, 6.07) is 33.2. The minimum Gasteiger partial charge on any atom is -0.456 e. The van der Waals surface area contributed by atoms with Crippen molar-refractivity contribution < 1.29 is 4.42 Å². The maximum atomic E-state index is 6.10. The van der Waals surface area contributed by atoms with Crippen LogP contribution in [0.5, 0.6) is 0 Å². The van der Waals surface area contributed by atoms with Crippen LogP contribution in [0.15, 0.2) is 101 Å². The fraction of sp³-hybridized carbons (Fsp3) is 0. The second-order valence-corrected chi connectivity index (χ2v) is 7.03. The summed E-state index contributed by atoms with van der Waals surface area (Å²) in [5, 5.41) is 2.30. The molecule has 0 aliphatic heterocycles. The van der Waals surface area contributed by atoms with Crippen LogP contribution in [0.3, 0.4) is 0 Å². The van der Waals surface area contributed by atoms with Crippen LogP contribution in [0.2, 0.25) is 0 Å². The molecule has 1 nitrogen and oxygen atoms in total. The average molecular weight is 372 g/mol. The molecule has 1 aromatic heterocycles. The maximum absolute atomic E-state index is 6.10. The topological polar surface area (TPSA) is 13.1 Å². The van der Waals surface area contributed by atoms with E-state index in [9.17, 15) is 0 Å². The molecule has 0 N–H and O–H groups in total. The molecule has 0 aliphatic carbocycles. The van der Waals surface area contributed by atoms with Gasteiger partial charge < -0.3 is 4.42 Å². The third kappa shape index (κ3) is 3.51. The number of rotatable bonds is 4. The Labute approximate surface area is 170 Å². The largest absolute Gasteiger partial charge is 0.456 e. The van der Waals surface area contributed by atoms with E-state index in [1.807, 2.05) is 24.3 Å². The third-order valence-electron chi connectivity index (χ3n) is 5.11. The van der Waals surface area contributed by atoms with Gasteiger partial charge in [0.05, 0.1) is 0 Å². The molecule has 0 radical (unpaired) electrons. The molecule has 0 fully saturated rings. The first kappa shape index (κ1) is 17.3. The van der Waals surface area contributed by atoms with Crippen molar-refractivity contribution in [3.8, 4) is 0 Å². The number of hydrogen-bond donors (Lipinski definition) is 0. The Morgan fingerprint density at radius 3 is 1.83 bits per heavy atom. The van der Waals surface area contributed by atoms with Crippen molar-refractivity contribution in [3.05, 3.63) is 119 Å². The van der Waals surface area contributed by atoms with E-state index in [1.165, 1.54) is 22.3 Å². The van der Waals surface area contributed by atoms with E-state index in [0.717, 1.165) is 21.9 Å². The lowest BCUT2D eigenvalue weighted by Crippen LogP contribution is -1.83.